The number of rotatable bonds is 4. The molecule has 0 aliphatic carbocycles. The molecule has 0 atom stereocenters. The standard InChI is InChI=1S/C16H11F3N2O2/c1-9-2-3-10(6-13(9)19)16-20-15(23-21-16)8-22-14-7-11(17)4-5-12(14)18/h2-7H,8H2,1H3. The first kappa shape index (κ1) is 15.1. The number of ether oxygens (including phenoxy) is 1. The highest BCUT2D eigenvalue weighted by atomic mass is 19.1. The van der Waals surface area contributed by atoms with E-state index in [0.29, 0.717) is 11.1 Å². The van der Waals surface area contributed by atoms with Crippen molar-refractivity contribution in [3.63, 3.8) is 0 Å². The van der Waals surface area contributed by atoms with E-state index < -0.39 is 11.6 Å². The Labute approximate surface area is 129 Å². The lowest BCUT2D eigenvalue weighted by Crippen LogP contribution is -1.98. The maximum absolute atomic E-state index is 13.5. The smallest absolute Gasteiger partial charge is 0.264 e. The minimum Gasteiger partial charge on any atom is -0.481 e. The monoisotopic (exact) mass is 320 g/mol. The maximum Gasteiger partial charge on any atom is 0.264 e. The second-order valence-electron chi connectivity index (χ2n) is 4.84. The van der Waals surface area contributed by atoms with Gasteiger partial charge in [0.2, 0.25) is 5.82 Å². The van der Waals surface area contributed by atoms with Gasteiger partial charge < -0.3 is 9.26 Å². The summed E-state index contributed by atoms with van der Waals surface area (Å²) >= 11 is 0. The number of aromatic nitrogens is 2. The van der Waals surface area contributed by atoms with Crippen molar-refractivity contribution in [2.24, 2.45) is 0 Å². The normalized spacial score (nSPS) is 10.8. The molecular formula is C16H11F3N2O2. The first-order valence-corrected chi connectivity index (χ1v) is 6.70. The van der Waals surface area contributed by atoms with Crippen molar-refractivity contribution < 1.29 is 22.4 Å². The van der Waals surface area contributed by atoms with Crippen LogP contribution in [0.25, 0.3) is 11.4 Å². The lowest BCUT2D eigenvalue weighted by Gasteiger charge is -2.04. The predicted molar refractivity (Wildman–Crippen MR) is 75.1 cm³/mol. The average molecular weight is 320 g/mol. The maximum atomic E-state index is 13.5. The molecule has 2 aromatic carbocycles. The molecule has 1 aromatic heterocycles. The van der Waals surface area contributed by atoms with Gasteiger partial charge in [-0.3, -0.25) is 0 Å². The molecule has 23 heavy (non-hydrogen) atoms. The topological polar surface area (TPSA) is 48.2 Å². The molecule has 0 fully saturated rings. The summed E-state index contributed by atoms with van der Waals surface area (Å²) in [5, 5.41) is 3.71. The Balaban J connectivity index is 1.74. The third-order valence-electron chi connectivity index (χ3n) is 3.14. The molecule has 0 N–H and O–H groups in total. The van der Waals surface area contributed by atoms with Crippen LogP contribution in [0.3, 0.4) is 0 Å². The molecule has 0 bridgehead atoms. The molecule has 0 saturated heterocycles. The third kappa shape index (κ3) is 3.33. The van der Waals surface area contributed by atoms with E-state index in [1.165, 1.54) is 6.07 Å². The molecule has 0 aliphatic heterocycles. The molecule has 0 spiro atoms. The molecule has 0 unspecified atom stereocenters. The van der Waals surface area contributed by atoms with Crippen molar-refractivity contribution in [2.45, 2.75) is 13.5 Å². The van der Waals surface area contributed by atoms with E-state index in [2.05, 4.69) is 10.1 Å². The van der Waals surface area contributed by atoms with Crippen LogP contribution in [0.4, 0.5) is 13.2 Å². The zero-order valence-corrected chi connectivity index (χ0v) is 12.0. The van der Waals surface area contributed by atoms with E-state index in [0.717, 1.165) is 18.2 Å². The lowest BCUT2D eigenvalue weighted by molar-refractivity contribution is 0.233. The number of benzene rings is 2. The van der Waals surface area contributed by atoms with Crippen LogP contribution >= 0.6 is 0 Å². The Morgan fingerprint density at radius 3 is 2.65 bits per heavy atom. The minimum absolute atomic E-state index is 0.0599. The van der Waals surface area contributed by atoms with Crippen LogP contribution < -0.4 is 4.74 Å². The molecule has 118 valence electrons. The van der Waals surface area contributed by atoms with Gasteiger partial charge in [-0.15, -0.1) is 0 Å². The number of hydrogen-bond acceptors (Lipinski definition) is 4. The van der Waals surface area contributed by atoms with Gasteiger partial charge in [0.1, 0.15) is 11.6 Å². The molecule has 0 aliphatic rings. The van der Waals surface area contributed by atoms with Gasteiger partial charge in [-0.2, -0.15) is 4.98 Å². The molecule has 7 heteroatoms. The van der Waals surface area contributed by atoms with E-state index in [1.54, 1.807) is 19.1 Å². The van der Waals surface area contributed by atoms with Crippen LogP contribution in [0.5, 0.6) is 5.75 Å². The Morgan fingerprint density at radius 1 is 1.04 bits per heavy atom. The van der Waals surface area contributed by atoms with Crippen LogP contribution in [0.2, 0.25) is 0 Å². The summed E-state index contributed by atoms with van der Waals surface area (Å²) in [6, 6.07) is 7.40. The molecule has 0 saturated carbocycles. The van der Waals surface area contributed by atoms with Gasteiger partial charge in [-0.25, -0.2) is 13.2 Å². The first-order chi connectivity index (χ1) is 11.0. The fourth-order valence-electron chi connectivity index (χ4n) is 1.89. The Hall–Kier alpha value is -2.83. The van der Waals surface area contributed by atoms with Gasteiger partial charge in [0.05, 0.1) is 0 Å². The van der Waals surface area contributed by atoms with Gasteiger partial charge in [0, 0.05) is 11.6 Å². The largest absolute Gasteiger partial charge is 0.481 e. The van der Waals surface area contributed by atoms with Gasteiger partial charge in [0.25, 0.3) is 5.89 Å². The lowest BCUT2D eigenvalue weighted by atomic mass is 10.1. The van der Waals surface area contributed by atoms with Crippen molar-refractivity contribution in [3.05, 3.63) is 65.3 Å². The predicted octanol–water partition coefficient (Wildman–Crippen LogP) is 4.04. The van der Waals surface area contributed by atoms with Gasteiger partial charge in [-0.1, -0.05) is 17.3 Å². The second-order valence-corrected chi connectivity index (χ2v) is 4.84. The van der Waals surface area contributed by atoms with Crippen molar-refractivity contribution in [2.75, 3.05) is 0 Å². The fourth-order valence-corrected chi connectivity index (χ4v) is 1.89. The summed E-state index contributed by atoms with van der Waals surface area (Å²) in [5.74, 6) is -1.72. The molecule has 0 amide bonds. The SMILES string of the molecule is Cc1ccc(-c2noc(COc3cc(F)ccc3F)n2)cc1F. The van der Waals surface area contributed by atoms with Crippen LogP contribution in [0, 0.1) is 24.4 Å². The molecular weight excluding hydrogens is 309 g/mol. The molecule has 3 aromatic rings. The summed E-state index contributed by atoms with van der Waals surface area (Å²) in [5.41, 5.74) is 0.947. The van der Waals surface area contributed by atoms with E-state index in [9.17, 15) is 13.2 Å². The van der Waals surface area contributed by atoms with Gasteiger partial charge in [-0.05, 0) is 30.7 Å². The quantitative estimate of drug-likeness (QED) is 0.728. The van der Waals surface area contributed by atoms with Crippen LogP contribution in [-0.2, 0) is 6.61 Å². The highest BCUT2D eigenvalue weighted by molar-refractivity contribution is 5.54. The zero-order chi connectivity index (χ0) is 16.4. The van der Waals surface area contributed by atoms with Crippen LogP contribution in [0.1, 0.15) is 11.5 Å². The van der Waals surface area contributed by atoms with Gasteiger partial charge in [0.15, 0.2) is 18.2 Å². The highest BCUT2D eigenvalue weighted by Crippen LogP contribution is 2.21. The summed E-state index contributed by atoms with van der Waals surface area (Å²) in [6.45, 7) is 1.41. The van der Waals surface area contributed by atoms with Crippen LogP contribution in [-0.4, -0.2) is 10.1 Å². The van der Waals surface area contributed by atoms with Crippen LogP contribution in [0.15, 0.2) is 40.9 Å². The Morgan fingerprint density at radius 2 is 1.87 bits per heavy atom. The van der Waals surface area contributed by atoms with Crippen molar-refractivity contribution in [3.8, 4) is 17.1 Å². The fraction of sp³-hybridized carbons (Fsp3) is 0.125. The van der Waals surface area contributed by atoms with E-state index in [1.807, 2.05) is 0 Å². The summed E-state index contributed by atoms with van der Waals surface area (Å²) in [6.07, 6.45) is 0. The van der Waals surface area contributed by atoms with Crippen molar-refractivity contribution in [1.82, 2.24) is 10.1 Å². The van der Waals surface area contributed by atoms with Gasteiger partial charge >= 0.3 is 0 Å². The average Bonchev–Trinajstić information content (AvgIpc) is 3.00. The summed E-state index contributed by atoms with van der Waals surface area (Å²) in [4.78, 5) is 4.03. The van der Waals surface area contributed by atoms with E-state index in [-0.39, 0.29) is 29.9 Å². The Kier molecular flexibility index (Phi) is 4.01. The number of aryl methyl sites for hydroxylation is 1. The number of nitrogens with zero attached hydrogens (tertiary/aromatic N) is 2. The summed E-state index contributed by atoms with van der Waals surface area (Å²) in [7, 11) is 0. The summed E-state index contributed by atoms with van der Waals surface area (Å²) < 4.78 is 50.1. The zero-order valence-electron chi connectivity index (χ0n) is 12.0. The molecule has 4 nitrogen and oxygen atoms in total. The molecule has 3 rings (SSSR count). The highest BCUT2D eigenvalue weighted by Gasteiger charge is 2.12. The van der Waals surface area contributed by atoms with Crippen molar-refractivity contribution in [1.29, 1.82) is 0 Å². The first-order valence-electron chi connectivity index (χ1n) is 6.70. The third-order valence-corrected chi connectivity index (χ3v) is 3.14. The van der Waals surface area contributed by atoms with Crippen molar-refractivity contribution >= 4 is 0 Å². The second kappa shape index (κ2) is 6.12. The van der Waals surface area contributed by atoms with E-state index in [4.69, 9.17) is 9.26 Å². The number of hydrogen-bond donors (Lipinski definition) is 0. The minimum atomic E-state index is -0.702. The van der Waals surface area contributed by atoms with E-state index >= 15 is 0 Å². The molecule has 1 heterocycles. The Bertz CT molecular complexity index is 849. The number of halogens is 3. The molecule has 0 radical (unpaired) electrons.